The molecule has 1 saturated carbocycles. The molecular weight excluding hydrogens is 530 g/mol. The summed E-state index contributed by atoms with van der Waals surface area (Å²) in [6.45, 7) is 5.23. The first kappa shape index (κ1) is 27.2. The van der Waals surface area contributed by atoms with E-state index >= 15 is 0 Å². The molecule has 1 atom stereocenters. The summed E-state index contributed by atoms with van der Waals surface area (Å²) in [6, 6.07) is 12.3. The van der Waals surface area contributed by atoms with Crippen molar-refractivity contribution in [3.63, 3.8) is 0 Å². The van der Waals surface area contributed by atoms with Crippen LogP contribution in [0.3, 0.4) is 0 Å². The van der Waals surface area contributed by atoms with E-state index in [1.807, 2.05) is 44.2 Å². The summed E-state index contributed by atoms with van der Waals surface area (Å²) in [4.78, 5) is 28.2. The first-order valence-electron chi connectivity index (χ1n) is 11.9. The average Bonchev–Trinajstić information content (AvgIpc) is 3.29. The van der Waals surface area contributed by atoms with Crippen LogP contribution in [-0.2, 0) is 26.2 Å². The molecule has 0 aromatic heterocycles. The molecule has 0 aliphatic heterocycles. The molecule has 1 N–H and O–H groups in total. The van der Waals surface area contributed by atoms with E-state index in [0.717, 1.165) is 57.4 Å². The lowest BCUT2D eigenvalue weighted by molar-refractivity contribution is -0.139. The highest BCUT2D eigenvalue weighted by Gasteiger charge is 2.31. The van der Waals surface area contributed by atoms with Crippen LogP contribution in [-0.4, -0.2) is 50.0 Å². The third kappa shape index (κ3) is 7.07. The summed E-state index contributed by atoms with van der Waals surface area (Å²) in [5, 5.41) is 3.07. The SMILES string of the molecule is Cc1cccc(N(CC(=O)N(Cc2cccc(Br)c2)[C@@H](C)C(=O)NC2CCCC2)S(C)(=O)=O)c1C. The predicted octanol–water partition coefficient (Wildman–Crippen LogP) is 4.31. The van der Waals surface area contributed by atoms with Crippen LogP contribution in [0, 0.1) is 13.8 Å². The molecule has 1 fully saturated rings. The highest BCUT2D eigenvalue weighted by Crippen LogP contribution is 2.26. The van der Waals surface area contributed by atoms with E-state index in [4.69, 9.17) is 0 Å². The van der Waals surface area contributed by atoms with Crippen molar-refractivity contribution in [2.45, 2.75) is 65.1 Å². The molecule has 7 nitrogen and oxygen atoms in total. The molecule has 1 aliphatic carbocycles. The van der Waals surface area contributed by atoms with Gasteiger partial charge in [-0.1, -0.05) is 53.0 Å². The summed E-state index contributed by atoms with van der Waals surface area (Å²) in [5.41, 5.74) is 3.02. The molecule has 9 heteroatoms. The number of benzene rings is 2. The van der Waals surface area contributed by atoms with E-state index in [2.05, 4.69) is 21.2 Å². The first-order valence-corrected chi connectivity index (χ1v) is 14.5. The zero-order valence-electron chi connectivity index (χ0n) is 20.8. The maximum Gasteiger partial charge on any atom is 0.244 e. The third-order valence-corrected chi connectivity index (χ3v) is 8.25. The predicted molar refractivity (Wildman–Crippen MR) is 143 cm³/mol. The lowest BCUT2D eigenvalue weighted by atomic mass is 10.1. The van der Waals surface area contributed by atoms with Crippen molar-refractivity contribution in [2.75, 3.05) is 17.1 Å². The van der Waals surface area contributed by atoms with E-state index in [9.17, 15) is 18.0 Å². The van der Waals surface area contributed by atoms with Gasteiger partial charge in [-0.2, -0.15) is 0 Å². The molecule has 35 heavy (non-hydrogen) atoms. The van der Waals surface area contributed by atoms with E-state index < -0.39 is 28.5 Å². The molecule has 0 bridgehead atoms. The quantitative estimate of drug-likeness (QED) is 0.492. The van der Waals surface area contributed by atoms with Crippen molar-refractivity contribution >= 4 is 43.5 Å². The molecule has 0 unspecified atom stereocenters. The number of anilines is 1. The standard InChI is InChI=1S/C26H34BrN3O4S/c1-18-9-7-14-24(19(18)2)30(35(4,33)34)17-25(31)29(16-21-10-8-11-22(27)15-21)20(3)26(32)28-23-12-5-6-13-23/h7-11,14-15,20,23H,5-6,12-13,16-17H2,1-4H3,(H,28,32)/t20-/m0/s1. The second-order valence-corrected chi connectivity index (χ2v) is 12.1. The van der Waals surface area contributed by atoms with Gasteiger partial charge >= 0.3 is 0 Å². The van der Waals surface area contributed by atoms with Gasteiger partial charge in [0.05, 0.1) is 11.9 Å². The Hall–Kier alpha value is -2.39. The molecule has 3 rings (SSSR count). The van der Waals surface area contributed by atoms with E-state index in [0.29, 0.717) is 5.69 Å². The fourth-order valence-electron chi connectivity index (χ4n) is 4.41. The maximum atomic E-state index is 13.7. The molecule has 0 saturated heterocycles. The second-order valence-electron chi connectivity index (χ2n) is 9.31. The Morgan fingerprint density at radius 1 is 1.11 bits per heavy atom. The second kappa shape index (κ2) is 11.6. The zero-order valence-corrected chi connectivity index (χ0v) is 23.2. The lowest BCUT2D eigenvalue weighted by Gasteiger charge is -2.32. The number of aryl methyl sites for hydroxylation is 1. The topological polar surface area (TPSA) is 86.8 Å². The van der Waals surface area contributed by atoms with Gasteiger partial charge in [-0.3, -0.25) is 13.9 Å². The van der Waals surface area contributed by atoms with Gasteiger partial charge in [0.2, 0.25) is 21.8 Å². The fraction of sp³-hybridized carbons (Fsp3) is 0.462. The molecule has 2 amide bonds. The number of nitrogens with zero attached hydrogens (tertiary/aromatic N) is 2. The molecule has 1 aliphatic rings. The minimum atomic E-state index is -3.75. The number of hydrogen-bond donors (Lipinski definition) is 1. The Labute approximate surface area is 217 Å². The van der Waals surface area contributed by atoms with Crippen molar-refractivity contribution in [2.24, 2.45) is 0 Å². The average molecular weight is 565 g/mol. The number of sulfonamides is 1. The van der Waals surface area contributed by atoms with Crippen molar-refractivity contribution in [1.82, 2.24) is 10.2 Å². The summed E-state index contributed by atoms with van der Waals surface area (Å²) in [6.07, 6.45) is 5.13. The number of amides is 2. The Morgan fingerprint density at radius 3 is 2.40 bits per heavy atom. The normalized spacial score (nSPS) is 15.0. The van der Waals surface area contributed by atoms with E-state index in [1.54, 1.807) is 19.1 Å². The Bertz CT molecular complexity index is 1180. The van der Waals surface area contributed by atoms with Gasteiger partial charge in [0.1, 0.15) is 12.6 Å². The lowest BCUT2D eigenvalue weighted by Crippen LogP contribution is -2.52. The number of rotatable bonds is 9. The van der Waals surface area contributed by atoms with Crippen LogP contribution in [0.4, 0.5) is 5.69 Å². The monoisotopic (exact) mass is 563 g/mol. The van der Waals surface area contributed by atoms with Crippen molar-refractivity contribution < 1.29 is 18.0 Å². The van der Waals surface area contributed by atoms with Crippen LogP contribution in [0.25, 0.3) is 0 Å². The number of hydrogen-bond acceptors (Lipinski definition) is 4. The molecule has 2 aromatic carbocycles. The number of nitrogens with one attached hydrogen (secondary N) is 1. The van der Waals surface area contributed by atoms with E-state index in [1.165, 1.54) is 4.90 Å². The van der Waals surface area contributed by atoms with Crippen LogP contribution in [0.1, 0.15) is 49.3 Å². The minimum absolute atomic E-state index is 0.121. The van der Waals surface area contributed by atoms with Crippen molar-refractivity contribution in [3.05, 3.63) is 63.6 Å². The fourth-order valence-corrected chi connectivity index (χ4v) is 5.75. The Kier molecular flexibility index (Phi) is 8.99. The summed E-state index contributed by atoms with van der Waals surface area (Å²) in [7, 11) is -3.75. The van der Waals surface area contributed by atoms with E-state index in [-0.39, 0.29) is 18.5 Å². The van der Waals surface area contributed by atoms with Gasteiger partial charge in [0.25, 0.3) is 0 Å². The highest BCUT2D eigenvalue weighted by molar-refractivity contribution is 9.10. The van der Waals surface area contributed by atoms with Crippen LogP contribution in [0.2, 0.25) is 0 Å². The zero-order chi connectivity index (χ0) is 25.8. The van der Waals surface area contributed by atoms with Gasteiger partial charge in [-0.05, 0) is 68.5 Å². The molecule has 0 heterocycles. The third-order valence-electron chi connectivity index (χ3n) is 6.63. The largest absolute Gasteiger partial charge is 0.352 e. The van der Waals surface area contributed by atoms with Gasteiger partial charge in [0.15, 0.2) is 0 Å². The molecular formula is C26H34BrN3O4S. The Balaban J connectivity index is 1.91. The summed E-state index contributed by atoms with van der Waals surface area (Å²) >= 11 is 3.45. The first-order chi connectivity index (χ1) is 16.5. The van der Waals surface area contributed by atoms with Crippen LogP contribution in [0.5, 0.6) is 0 Å². The molecule has 0 radical (unpaired) electrons. The highest BCUT2D eigenvalue weighted by atomic mass is 79.9. The van der Waals surface area contributed by atoms with Crippen LogP contribution < -0.4 is 9.62 Å². The van der Waals surface area contributed by atoms with Gasteiger partial charge in [-0.15, -0.1) is 0 Å². The van der Waals surface area contributed by atoms with Gasteiger partial charge in [-0.25, -0.2) is 8.42 Å². The summed E-state index contributed by atoms with van der Waals surface area (Å²) in [5.74, 6) is -0.664. The maximum absolute atomic E-state index is 13.7. The van der Waals surface area contributed by atoms with Gasteiger partial charge < -0.3 is 10.2 Å². The van der Waals surface area contributed by atoms with Crippen LogP contribution >= 0.6 is 15.9 Å². The smallest absolute Gasteiger partial charge is 0.244 e. The van der Waals surface area contributed by atoms with Crippen molar-refractivity contribution in [1.29, 1.82) is 0 Å². The van der Waals surface area contributed by atoms with Crippen molar-refractivity contribution in [3.8, 4) is 0 Å². The number of halogens is 1. The molecule has 2 aromatic rings. The molecule has 0 spiro atoms. The van der Waals surface area contributed by atoms with Crippen LogP contribution in [0.15, 0.2) is 46.9 Å². The minimum Gasteiger partial charge on any atom is -0.352 e. The summed E-state index contributed by atoms with van der Waals surface area (Å²) < 4.78 is 27.5. The number of carbonyl (C=O) groups is 2. The van der Waals surface area contributed by atoms with Gasteiger partial charge in [0, 0.05) is 17.1 Å². The molecule has 190 valence electrons. The number of carbonyl (C=O) groups excluding carboxylic acids is 2. The Morgan fingerprint density at radius 2 is 1.77 bits per heavy atom.